The van der Waals surface area contributed by atoms with Gasteiger partial charge in [0.1, 0.15) is 6.04 Å². The maximum atomic E-state index is 13.1. The second-order valence-electron chi connectivity index (χ2n) is 7.17. The van der Waals surface area contributed by atoms with Crippen molar-refractivity contribution in [1.29, 1.82) is 0 Å². The maximum absolute atomic E-state index is 13.1. The molecule has 138 valence electrons. The molecule has 26 heavy (non-hydrogen) atoms. The van der Waals surface area contributed by atoms with Crippen molar-refractivity contribution in [3.63, 3.8) is 0 Å². The predicted molar refractivity (Wildman–Crippen MR) is 105 cm³/mol. The number of halogens is 2. The van der Waals surface area contributed by atoms with E-state index in [0.29, 0.717) is 16.6 Å². The number of nitrogens with one attached hydrogen (secondary N) is 1. The highest BCUT2D eigenvalue weighted by Crippen LogP contribution is 2.37. The lowest BCUT2D eigenvalue weighted by atomic mass is 9.95. The van der Waals surface area contributed by atoms with Gasteiger partial charge < -0.3 is 14.8 Å². The van der Waals surface area contributed by atoms with Gasteiger partial charge in [-0.15, -0.1) is 0 Å². The van der Waals surface area contributed by atoms with Gasteiger partial charge in [0.2, 0.25) is 0 Å². The van der Waals surface area contributed by atoms with Gasteiger partial charge in [0.05, 0.1) is 0 Å². The smallest absolute Gasteiger partial charge is 0.318 e. The lowest BCUT2D eigenvalue weighted by Gasteiger charge is -2.38. The average molecular weight is 392 g/mol. The summed E-state index contributed by atoms with van der Waals surface area (Å²) in [4.78, 5) is 15.0. The number of carbonyl (C=O) groups excluding carboxylic acids is 1. The van der Waals surface area contributed by atoms with Gasteiger partial charge in [-0.2, -0.15) is 0 Å². The van der Waals surface area contributed by atoms with Crippen LogP contribution in [0.15, 0.2) is 36.5 Å². The molecule has 0 unspecified atom stereocenters. The van der Waals surface area contributed by atoms with Crippen molar-refractivity contribution in [2.24, 2.45) is 0 Å². The highest BCUT2D eigenvalue weighted by molar-refractivity contribution is 6.35. The Kier molecular flexibility index (Phi) is 5.14. The molecule has 1 aromatic heterocycles. The van der Waals surface area contributed by atoms with Crippen LogP contribution in [0.3, 0.4) is 0 Å². The van der Waals surface area contributed by atoms with Gasteiger partial charge in [-0.25, -0.2) is 4.79 Å². The van der Waals surface area contributed by atoms with E-state index in [-0.39, 0.29) is 18.1 Å². The number of fused-ring (bicyclic) bond motifs is 1. The van der Waals surface area contributed by atoms with Crippen molar-refractivity contribution in [2.75, 3.05) is 6.54 Å². The molecule has 1 fully saturated rings. The van der Waals surface area contributed by atoms with E-state index in [2.05, 4.69) is 22.1 Å². The van der Waals surface area contributed by atoms with Crippen LogP contribution in [-0.2, 0) is 6.54 Å². The number of amides is 2. The Bertz CT molecular complexity index is 798. The fraction of sp³-hybridized carbons (Fsp3) is 0.450. The fourth-order valence-electron chi connectivity index (χ4n) is 4.16. The summed E-state index contributed by atoms with van der Waals surface area (Å²) in [5.74, 6) is 0. The van der Waals surface area contributed by atoms with Gasteiger partial charge in [0, 0.05) is 41.1 Å². The van der Waals surface area contributed by atoms with Crippen LogP contribution in [0.5, 0.6) is 0 Å². The molecule has 2 aliphatic rings. The van der Waals surface area contributed by atoms with E-state index in [4.69, 9.17) is 23.2 Å². The number of aromatic nitrogens is 1. The fourth-order valence-corrected chi connectivity index (χ4v) is 4.67. The van der Waals surface area contributed by atoms with Gasteiger partial charge in [-0.1, -0.05) is 48.5 Å². The molecule has 1 aliphatic heterocycles. The molecule has 4 nitrogen and oxygen atoms in total. The van der Waals surface area contributed by atoms with Crippen LogP contribution in [0.4, 0.5) is 4.79 Å². The highest BCUT2D eigenvalue weighted by Gasteiger charge is 2.34. The summed E-state index contributed by atoms with van der Waals surface area (Å²) in [5.41, 5.74) is 1.99. The molecular weight excluding hydrogens is 369 g/mol. The molecule has 1 aromatic carbocycles. The molecule has 1 atom stereocenters. The van der Waals surface area contributed by atoms with Crippen LogP contribution in [0.1, 0.15) is 49.4 Å². The van der Waals surface area contributed by atoms with E-state index in [0.717, 1.165) is 30.6 Å². The number of urea groups is 1. The van der Waals surface area contributed by atoms with E-state index in [9.17, 15) is 4.79 Å². The zero-order valence-electron chi connectivity index (χ0n) is 14.6. The first kappa shape index (κ1) is 17.7. The van der Waals surface area contributed by atoms with Crippen molar-refractivity contribution in [3.05, 3.63) is 57.8 Å². The van der Waals surface area contributed by atoms with Crippen molar-refractivity contribution >= 4 is 29.2 Å². The monoisotopic (exact) mass is 391 g/mol. The molecule has 4 rings (SSSR count). The number of hydrogen-bond acceptors (Lipinski definition) is 1. The van der Waals surface area contributed by atoms with Crippen molar-refractivity contribution in [3.8, 4) is 0 Å². The Labute approximate surface area is 164 Å². The normalized spacial score (nSPS) is 20.7. The minimum atomic E-state index is -0.202. The second-order valence-corrected chi connectivity index (χ2v) is 8.02. The van der Waals surface area contributed by atoms with E-state index in [1.807, 2.05) is 23.1 Å². The van der Waals surface area contributed by atoms with Gasteiger partial charge in [0.15, 0.2) is 0 Å². The number of carbonyl (C=O) groups is 1. The molecule has 6 heteroatoms. The number of benzene rings is 1. The molecule has 2 heterocycles. The Hall–Kier alpha value is -1.65. The molecule has 0 bridgehead atoms. The number of nitrogens with zero attached hydrogens (tertiary/aromatic N) is 2. The SMILES string of the molecule is O=C(NC1CCCCC1)N1CCn2cccc2[C@@H]1c1ccc(Cl)cc1Cl. The summed E-state index contributed by atoms with van der Waals surface area (Å²) in [6.07, 6.45) is 7.86. The van der Waals surface area contributed by atoms with Crippen molar-refractivity contribution < 1.29 is 4.79 Å². The first-order valence-electron chi connectivity index (χ1n) is 9.30. The first-order valence-corrected chi connectivity index (χ1v) is 10.1. The summed E-state index contributed by atoms with van der Waals surface area (Å²) in [6, 6.07) is 9.68. The molecular formula is C20H23Cl2N3O. The highest BCUT2D eigenvalue weighted by atomic mass is 35.5. The number of hydrogen-bond donors (Lipinski definition) is 1. The topological polar surface area (TPSA) is 37.3 Å². The molecule has 2 aromatic rings. The predicted octanol–water partition coefficient (Wildman–Crippen LogP) is 5.24. The standard InChI is InChI=1S/C20H23Cl2N3O/c21-14-8-9-16(17(22)13-14)19-18-7-4-10-24(18)11-12-25(19)20(26)23-15-5-2-1-3-6-15/h4,7-10,13,15,19H,1-3,5-6,11-12H2,(H,23,26)/t19-/m0/s1. The Morgan fingerprint density at radius 2 is 1.88 bits per heavy atom. The van der Waals surface area contributed by atoms with Gasteiger partial charge in [-0.3, -0.25) is 0 Å². The first-order chi connectivity index (χ1) is 12.6. The van der Waals surface area contributed by atoms with E-state index in [1.165, 1.54) is 19.3 Å². The molecule has 0 saturated heterocycles. The van der Waals surface area contributed by atoms with Gasteiger partial charge in [-0.05, 0) is 42.7 Å². The molecule has 0 spiro atoms. The molecule has 2 amide bonds. The van der Waals surface area contributed by atoms with Crippen LogP contribution >= 0.6 is 23.2 Å². The largest absolute Gasteiger partial charge is 0.348 e. The second kappa shape index (κ2) is 7.53. The molecule has 1 aliphatic carbocycles. The van der Waals surface area contributed by atoms with Crippen LogP contribution < -0.4 is 5.32 Å². The molecule has 0 radical (unpaired) electrons. The van der Waals surface area contributed by atoms with E-state index >= 15 is 0 Å². The molecule has 1 saturated carbocycles. The lowest BCUT2D eigenvalue weighted by molar-refractivity contribution is 0.162. The zero-order chi connectivity index (χ0) is 18.1. The van der Waals surface area contributed by atoms with Crippen LogP contribution in [0.25, 0.3) is 0 Å². The van der Waals surface area contributed by atoms with Gasteiger partial charge in [0.25, 0.3) is 0 Å². The minimum Gasteiger partial charge on any atom is -0.348 e. The van der Waals surface area contributed by atoms with E-state index in [1.54, 1.807) is 6.07 Å². The Morgan fingerprint density at radius 1 is 1.08 bits per heavy atom. The zero-order valence-corrected chi connectivity index (χ0v) is 16.1. The number of rotatable bonds is 2. The summed E-state index contributed by atoms with van der Waals surface area (Å²) >= 11 is 12.6. The maximum Gasteiger partial charge on any atom is 0.318 e. The lowest BCUT2D eigenvalue weighted by Crippen LogP contribution is -2.50. The summed E-state index contributed by atoms with van der Waals surface area (Å²) in [7, 11) is 0. The van der Waals surface area contributed by atoms with Crippen LogP contribution in [-0.4, -0.2) is 28.1 Å². The van der Waals surface area contributed by atoms with Crippen LogP contribution in [0, 0.1) is 0 Å². The average Bonchev–Trinajstić information content (AvgIpc) is 3.11. The van der Waals surface area contributed by atoms with Crippen molar-refractivity contribution in [1.82, 2.24) is 14.8 Å². The third kappa shape index (κ3) is 3.45. The third-order valence-corrected chi connectivity index (χ3v) is 6.05. The molecule has 1 N–H and O–H groups in total. The Morgan fingerprint density at radius 3 is 2.65 bits per heavy atom. The van der Waals surface area contributed by atoms with Crippen molar-refractivity contribution in [2.45, 2.75) is 50.7 Å². The summed E-state index contributed by atoms with van der Waals surface area (Å²) in [5, 5.41) is 4.44. The minimum absolute atomic E-state index is 0.000340. The Balaban J connectivity index is 1.65. The van der Waals surface area contributed by atoms with Gasteiger partial charge >= 0.3 is 6.03 Å². The van der Waals surface area contributed by atoms with Crippen LogP contribution in [0.2, 0.25) is 10.0 Å². The quantitative estimate of drug-likeness (QED) is 0.746. The van der Waals surface area contributed by atoms with E-state index < -0.39 is 0 Å². The summed E-state index contributed by atoms with van der Waals surface area (Å²) < 4.78 is 2.19. The summed E-state index contributed by atoms with van der Waals surface area (Å²) in [6.45, 7) is 1.45. The third-order valence-electron chi connectivity index (χ3n) is 5.49.